The van der Waals surface area contributed by atoms with Gasteiger partial charge in [-0.3, -0.25) is 9.59 Å². The summed E-state index contributed by atoms with van der Waals surface area (Å²) in [4.78, 5) is 37.0. The zero-order valence-corrected chi connectivity index (χ0v) is 31.3. The molecule has 0 unspecified atom stereocenters. The predicted octanol–water partition coefficient (Wildman–Crippen LogP) is 12.1. The molecule has 2 amide bonds. The largest absolute Gasteiger partial charge is 0.481 e. The van der Waals surface area contributed by atoms with E-state index in [0.29, 0.717) is 12.8 Å². The van der Waals surface area contributed by atoms with Gasteiger partial charge in [-0.25, -0.2) is 9.69 Å². The van der Waals surface area contributed by atoms with Crippen LogP contribution < -0.4 is 0 Å². The summed E-state index contributed by atoms with van der Waals surface area (Å²) in [5.74, 6) is -1.16. The maximum atomic E-state index is 12.9. The standard InChI is InChI=1S/C26H39NO3.C16H32O2/c1-3-4-5-6-7-8-9-10-11-12-14-17-22(2)25(28)27-24(21-30-26(27)29)20-23-18-15-13-16-19-23;1-3-4-5-6-7-8-9-10-11-12-13-14-15(2)16(17)18/h12-16,18-19,22,24H,3-11,17,20-21H2,1-2H3;15H,3-14H2,1-2H3,(H,17,18)/b14-12+;/t22-,24+;15-/m11/s1. The van der Waals surface area contributed by atoms with Crippen molar-refractivity contribution < 1.29 is 24.2 Å². The number of allylic oxidation sites excluding steroid dienone is 2. The fourth-order valence-electron chi connectivity index (χ4n) is 6.16. The first-order valence-electron chi connectivity index (χ1n) is 19.7. The number of imide groups is 1. The van der Waals surface area contributed by atoms with Crippen molar-refractivity contribution in [2.24, 2.45) is 11.8 Å². The first kappa shape index (κ1) is 43.4. The highest BCUT2D eigenvalue weighted by Gasteiger charge is 2.39. The number of carbonyl (C=O) groups excluding carboxylic acids is 2. The van der Waals surface area contributed by atoms with Gasteiger partial charge in [0.05, 0.1) is 12.0 Å². The molecule has 6 heteroatoms. The average molecular weight is 670 g/mol. The fourth-order valence-corrected chi connectivity index (χ4v) is 6.16. The molecule has 0 aliphatic carbocycles. The zero-order valence-electron chi connectivity index (χ0n) is 31.3. The summed E-state index contributed by atoms with van der Waals surface area (Å²) >= 11 is 0. The lowest BCUT2D eigenvalue weighted by atomic mass is 10.0. The molecule has 3 atom stereocenters. The molecule has 274 valence electrons. The Bertz CT molecular complexity index is 978. The fraction of sp³-hybridized carbons (Fsp3) is 0.738. The molecule has 0 aromatic heterocycles. The summed E-state index contributed by atoms with van der Waals surface area (Å²) in [6.45, 7) is 8.49. The highest BCUT2D eigenvalue weighted by molar-refractivity contribution is 5.94. The van der Waals surface area contributed by atoms with Crippen LogP contribution in [0.3, 0.4) is 0 Å². The molecule has 0 saturated carbocycles. The molecule has 1 aromatic rings. The lowest BCUT2D eigenvalue weighted by Gasteiger charge is -2.22. The van der Waals surface area contributed by atoms with Crippen LogP contribution in [0.1, 0.15) is 175 Å². The van der Waals surface area contributed by atoms with E-state index in [1.54, 1.807) is 6.92 Å². The third-order valence-corrected chi connectivity index (χ3v) is 9.48. The van der Waals surface area contributed by atoms with Crippen LogP contribution in [0.15, 0.2) is 42.5 Å². The number of rotatable bonds is 27. The van der Waals surface area contributed by atoms with Crippen molar-refractivity contribution in [3.8, 4) is 0 Å². The molecule has 1 aromatic carbocycles. The van der Waals surface area contributed by atoms with Crippen molar-refractivity contribution in [2.75, 3.05) is 6.61 Å². The smallest absolute Gasteiger partial charge is 0.416 e. The van der Waals surface area contributed by atoms with Gasteiger partial charge in [-0.2, -0.15) is 0 Å². The molecule has 0 radical (unpaired) electrons. The minimum atomic E-state index is -0.651. The Labute approximate surface area is 294 Å². The van der Waals surface area contributed by atoms with Crippen molar-refractivity contribution >= 4 is 18.0 Å². The van der Waals surface area contributed by atoms with Gasteiger partial charge >= 0.3 is 12.1 Å². The molecule has 1 fully saturated rings. The number of amides is 2. The number of unbranched alkanes of at least 4 members (excludes halogenated alkanes) is 18. The first-order valence-corrected chi connectivity index (χ1v) is 19.7. The molecule has 1 N–H and O–H groups in total. The van der Waals surface area contributed by atoms with Crippen LogP contribution in [0.4, 0.5) is 4.79 Å². The summed E-state index contributed by atoms with van der Waals surface area (Å²) < 4.78 is 5.18. The van der Waals surface area contributed by atoms with Crippen LogP contribution in [0.2, 0.25) is 0 Å². The molecule has 1 aliphatic heterocycles. The Morgan fingerprint density at radius 3 is 1.77 bits per heavy atom. The second-order valence-electron chi connectivity index (χ2n) is 14.1. The first-order chi connectivity index (χ1) is 23.3. The van der Waals surface area contributed by atoms with Gasteiger partial charge in [0.2, 0.25) is 5.91 Å². The van der Waals surface area contributed by atoms with E-state index in [0.717, 1.165) is 24.8 Å². The summed E-state index contributed by atoms with van der Waals surface area (Å²) in [5, 5.41) is 8.74. The van der Waals surface area contributed by atoms with Gasteiger partial charge in [0.25, 0.3) is 0 Å². The normalized spacial score (nSPS) is 15.6. The van der Waals surface area contributed by atoms with E-state index in [9.17, 15) is 14.4 Å². The molecule has 2 rings (SSSR count). The second-order valence-corrected chi connectivity index (χ2v) is 14.1. The van der Waals surface area contributed by atoms with Gasteiger partial charge < -0.3 is 9.84 Å². The molecule has 1 aliphatic rings. The molecular weight excluding hydrogens is 598 g/mol. The quantitative estimate of drug-likeness (QED) is 0.0744. The Morgan fingerprint density at radius 1 is 0.750 bits per heavy atom. The third kappa shape index (κ3) is 21.4. The van der Waals surface area contributed by atoms with Gasteiger partial charge in [0.15, 0.2) is 0 Å². The highest BCUT2D eigenvalue weighted by Crippen LogP contribution is 2.21. The Hall–Kier alpha value is -2.63. The summed E-state index contributed by atoms with van der Waals surface area (Å²) in [6, 6.07) is 9.73. The van der Waals surface area contributed by atoms with E-state index in [-0.39, 0.29) is 30.4 Å². The zero-order chi connectivity index (χ0) is 35.2. The summed E-state index contributed by atoms with van der Waals surface area (Å²) in [7, 11) is 0. The Balaban J connectivity index is 0.000000549. The van der Waals surface area contributed by atoms with Crippen molar-refractivity contribution in [1.82, 2.24) is 4.90 Å². The van der Waals surface area contributed by atoms with Gasteiger partial charge in [-0.15, -0.1) is 0 Å². The van der Waals surface area contributed by atoms with E-state index in [4.69, 9.17) is 9.84 Å². The number of aliphatic carboxylic acids is 1. The molecule has 1 saturated heterocycles. The van der Waals surface area contributed by atoms with Gasteiger partial charge in [-0.05, 0) is 37.7 Å². The number of nitrogens with zero attached hydrogens (tertiary/aromatic N) is 1. The van der Waals surface area contributed by atoms with Gasteiger partial charge in [-0.1, -0.05) is 186 Å². The topological polar surface area (TPSA) is 83.9 Å². The number of hydrogen-bond acceptors (Lipinski definition) is 4. The Morgan fingerprint density at radius 2 is 1.25 bits per heavy atom. The molecule has 48 heavy (non-hydrogen) atoms. The van der Waals surface area contributed by atoms with E-state index in [2.05, 4.69) is 26.0 Å². The number of carboxylic acids is 1. The van der Waals surface area contributed by atoms with E-state index >= 15 is 0 Å². The average Bonchev–Trinajstić information content (AvgIpc) is 3.45. The van der Waals surface area contributed by atoms with Crippen molar-refractivity contribution in [3.05, 3.63) is 48.0 Å². The summed E-state index contributed by atoms with van der Waals surface area (Å²) in [6.07, 6.45) is 32.1. The van der Waals surface area contributed by atoms with Crippen molar-refractivity contribution in [3.63, 3.8) is 0 Å². The van der Waals surface area contributed by atoms with Crippen LogP contribution in [0.25, 0.3) is 0 Å². The molecule has 0 bridgehead atoms. The van der Waals surface area contributed by atoms with E-state index in [1.165, 1.54) is 120 Å². The third-order valence-electron chi connectivity index (χ3n) is 9.48. The van der Waals surface area contributed by atoms with E-state index < -0.39 is 12.1 Å². The number of carbonyl (C=O) groups is 3. The van der Waals surface area contributed by atoms with E-state index in [1.807, 2.05) is 37.3 Å². The number of hydrogen-bond donors (Lipinski definition) is 1. The van der Waals surface area contributed by atoms with Crippen LogP contribution >= 0.6 is 0 Å². The second kappa shape index (κ2) is 29.3. The van der Waals surface area contributed by atoms with Gasteiger partial charge in [0.1, 0.15) is 6.61 Å². The van der Waals surface area contributed by atoms with Crippen LogP contribution in [-0.2, 0) is 20.7 Å². The number of ether oxygens (including phenoxy) is 1. The van der Waals surface area contributed by atoms with Gasteiger partial charge in [0, 0.05) is 5.92 Å². The number of cyclic esters (lactones) is 1. The highest BCUT2D eigenvalue weighted by atomic mass is 16.6. The molecule has 1 heterocycles. The summed E-state index contributed by atoms with van der Waals surface area (Å²) in [5.41, 5.74) is 1.11. The maximum absolute atomic E-state index is 12.9. The minimum Gasteiger partial charge on any atom is -0.481 e. The van der Waals surface area contributed by atoms with Crippen LogP contribution in [-0.4, -0.2) is 40.6 Å². The van der Waals surface area contributed by atoms with Crippen molar-refractivity contribution in [1.29, 1.82) is 0 Å². The van der Waals surface area contributed by atoms with Crippen molar-refractivity contribution in [2.45, 2.75) is 181 Å². The van der Waals surface area contributed by atoms with Crippen LogP contribution in [0, 0.1) is 11.8 Å². The minimum absolute atomic E-state index is 0.129. The lowest BCUT2D eigenvalue weighted by molar-refractivity contribution is -0.141. The number of benzene rings is 1. The monoisotopic (exact) mass is 670 g/mol. The lowest BCUT2D eigenvalue weighted by Crippen LogP contribution is -2.42. The maximum Gasteiger partial charge on any atom is 0.416 e. The molecular formula is C42H71NO5. The molecule has 0 spiro atoms. The number of carboxylic acid groups (broad SMARTS) is 1. The van der Waals surface area contributed by atoms with Crippen LogP contribution in [0.5, 0.6) is 0 Å². The molecule has 6 nitrogen and oxygen atoms in total. The predicted molar refractivity (Wildman–Crippen MR) is 200 cm³/mol. The SMILES string of the molecule is CCCCCCCCCC/C=C/C[C@@H](C)C(=O)N1C(=O)OC[C@@H]1Cc1ccccc1.CCCCCCCCCCCCC[C@@H](C)C(=O)O. The Kier molecular flexibility index (Phi) is 26.5.